The Morgan fingerprint density at radius 1 is 0.769 bits per heavy atom. The highest BCUT2D eigenvalue weighted by atomic mass is 16.5. The highest BCUT2D eigenvalue weighted by Gasteiger charge is 2.08. The molecule has 0 bridgehead atoms. The molecule has 0 N–H and O–H groups in total. The second kappa shape index (κ2) is 8.72. The normalized spacial score (nSPS) is 10.2. The minimum atomic E-state index is -0.103. The molecule has 3 aromatic carbocycles. The zero-order valence-corrected chi connectivity index (χ0v) is 14.6. The van der Waals surface area contributed by atoms with Crippen LogP contribution in [0.15, 0.2) is 78.9 Å². The maximum Gasteiger partial charge on any atom is 0.200 e. The maximum atomic E-state index is 12.2. The Kier molecular flexibility index (Phi) is 5.88. The molecule has 0 fully saturated rings. The molecule has 0 unspecified atom stereocenters. The van der Waals surface area contributed by atoms with Gasteiger partial charge in [-0.15, -0.1) is 0 Å². The Bertz CT molecular complexity index is 842. The number of hydrogen-bond acceptors (Lipinski definition) is 4. The summed E-state index contributed by atoms with van der Waals surface area (Å²) in [5.74, 6) is 1.91. The van der Waals surface area contributed by atoms with E-state index >= 15 is 0 Å². The quantitative estimate of drug-likeness (QED) is 0.561. The fraction of sp³-hybridized carbons (Fsp3) is 0.136. The summed E-state index contributed by atoms with van der Waals surface area (Å²) in [4.78, 5) is 12.2. The van der Waals surface area contributed by atoms with Crippen LogP contribution in [-0.2, 0) is 6.61 Å². The first kappa shape index (κ1) is 17.5. The molecule has 0 atom stereocenters. The van der Waals surface area contributed by atoms with Crippen LogP contribution in [-0.4, -0.2) is 19.5 Å². The monoisotopic (exact) mass is 348 g/mol. The summed E-state index contributed by atoms with van der Waals surface area (Å²) in [6.45, 7) is 0.479. The van der Waals surface area contributed by atoms with Crippen molar-refractivity contribution in [3.05, 3.63) is 90.0 Å². The van der Waals surface area contributed by atoms with Crippen LogP contribution in [0.1, 0.15) is 15.9 Å². The van der Waals surface area contributed by atoms with Crippen molar-refractivity contribution < 1.29 is 19.0 Å². The van der Waals surface area contributed by atoms with Gasteiger partial charge in [-0.1, -0.05) is 42.5 Å². The van der Waals surface area contributed by atoms with E-state index in [9.17, 15) is 4.79 Å². The molecule has 26 heavy (non-hydrogen) atoms. The lowest BCUT2D eigenvalue weighted by Gasteiger charge is -2.09. The van der Waals surface area contributed by atoms with Crippen molar-refractivity contribution >= 4 is 5.78 Å². The number of carbonyl (C=O) groups excluding carboxylic acids is 1. The first-order chi connectivity index (χ1) is 12.7. The van der Waals surface area contributed by atoms with Crippen molar-refractivity contribution in [2.24, 2.45) is 0 Å². The molecule has 132 valence electrons. The van der Waals surface area contributed by atoms with E-state index in [0.717, 1.165) is 11.3 Å². The van der Waals surface area contributed by atoms with Gasteiger partial charge in [0.25, 0.3) is 0 Å². The number of ketones is 1. The van der Waals surface area contributed by atoms with Gasteiger partial charge in [0, 0.05) is 5.56 Å². The predicted octanol–water partition coefficient (Wildman–Crippen LogP) is 4.54. The third-order valence-electron chi connectivity index (χ3n) is 3.83. The van der Waals surface area contributed by atoms with Gasteiger partial charge in [-0.2, -0.15) is 0 Å². The fourth-order valence-corrected chi connectivity index (χ4v) is 2.40. The van der Waals surface area contributed by atoms with Crippen LogP contribution < -0.4 is 14.2 Å². The first-order valence-electron chi connectivity index (χ1n) is 8.31. The molecule has 0 aliphatic heterocycles. The lowest BCUT2D eigenvalue weighted by Crippen LogP contribution is -2.11. The molecule has 0 amide bonds. The minimum Gasteiger partial charge on any atom is -0.497 e. The molecule has 0 spiro atoms. The highest BCUT2D eigenvalue weighted by Crippen LogP contribution is 2.19. The Morgan fingerprint density at radius 2 is 1.46 bits per heavy atom. The topological polar surface area (TPSA) is 44.8 Å². The van der Waals surface area contributed by atoms with Crippen molar-refractivity contribution in [1.82, 2.24) is 0 Å². The third kappa shape index (κ3) is 4.86. The van der Waals surface area contributed by atoms with Crippen LogP contribution in [0.4, 0.5) is 0 Å². The van der Waals surface area contributed by atoms with Crippen LogP contribution in [0.2, 0.25) is 0 Å². The second-order valence-corrected chi connectivity index (χ2v) is 5.69. The number of hydrogen-bond donors (Lipinski definition) is 0. The van der Waals surface area contributed by atoms with Crippen molar-refractivity contribution in [2.45, 2.75) is 6.61 Å². The summed E-state index contributed by atoms with van der Waals surface area (Å²) in [6, 6.07) is 24.2. The van der Waals surface area contributed by atoms with E-state index in [1.807, 2.05) is 42.5 Å². The van der Waals surface area contributed by atoms with Crippen molar-refractivity contribution in [3.63, 3.8) is 0 Å². The molecule has 0 aliphatic carbocycles. The lowest BCUT2D eigenvalue weighted by atomic mass is 10.1. The number of methoxy groups -OCH3 is 1. The minimum absolute atomic E-state index is 0.0304. The Labute approximate surface area is 153 Å². The van der Waals surface area contributed by atoms with Crippen LogP contribution in [0.5, 0.6) is 17.2 Å². The molecule has 3 rings (SSSR count). The summed E-state index contributed by atoms with van der Waals surface area (Å²) in [5.41, 5.74) is 1.67. The van der Waals surface area contributed by atoms with Gasteiger partial charge in [0.15, 0.2) is 12.4 Å². The predicted molar refractivity (Wildman–Crippen MR) is 100 cm³/mol. The Morgan fingerprint density at radius 3 is 2.15 bits per heavy atom. The average molecular weight is 348 g/mol. The Hall–Kier alpha value is -3.27. The van der Waals surface area contributed by atoms with Crippen molar-refractivity contribution in [2.75, 3.05) is 13.7 Å². The number of ether oxygens (including phenoxy) is 3. The van der Waals surface area contributed by atoms with E-state index in [2.05, 4.69) is 0 Å². The second-order valence-electron chi connectivity index (χ2n) is 5.69. The number of Topliss-reactive ketones (excluding diaryl/α,β-unsaturated/α-hetero) is 1. The van der Waals surface area contributed by atoms with Crippen molar-refractivity contribution in [1.29, 1.82) is 0 Å². The van der Waals surface area contributed by atoms with Crippen LogP contribution in [0, 0.1) is 0 Å². The van der Waals surface area contributed by atoms with Gasteiger partial charge >= 0.3 is 0 Å². The van der Waals surface area contributed by atoms with E-state index in [4.69, 9.17) is 14.2 Å². The summed E-state index contributed by atoms with van der Waals surface area (Å²) >= 11 is 0. The number of benzene rings is 3. The summed E-state index contributed by atoms with van der Waals surface area (Å²) < 4.78 is 16.4. The first-order valence-corrected chi connectivity index (χ1v) is 8.31. The molecule has 0 aromatic heterocycles. The van der Waals surface area contributed by atoms with E-state index in [1.54, 1.807) is 43.5 Å². The van der Waals surface area contributed by atoms with E-state index in [1.165, 1.54) is 0 Å². The van der Waals surface area contributed by atoms with Crippen LogP contribution in [0.3, 0.4) is 0 Å². The van der Waals surface area contributed by atoms with E-state index < -0.39 is 0 Å². The van der Waals surface area contributed by atoms with Gasteiger partial charge in [-0.3, -0.25) is 4.79 Å². The van der Waals surface area contributed by atoms with Crippen LogP contribution in [0.25, 0.3) is 0 Å². The van der Waals surface area contributed by atoms with Crippen molar-refractivity contribution in [3.8, 4) is 17.2 Å². The van der Waals surface area contributed by atoms with Gasteiger partial charge in [-0.25, -0.2) is 0 Å². The summed E-state index contributed by atoms with van der Waals surface area (Å²) in [6.07, 6.45) is 0. The van der Waals surface area contributed by atoms with E-state index in [0.29, 0.717) is 23.7 Å². The zero-order chi connectivity index (χ0) is 18.2. The third-order valence-corrected chi connectivity index (χ3v) is 3.83. The largest absolute Gasteiger partial charge is 0.497 e. The molecule has 0 aliphatic rings. The maximum absolute atomic E-state index is 12.2. The number of carbonyl (C=O) groups is 1. The molecule has 4 nitrogen and oxygen atoms in total. The fourth-order valence-electron chi connectivity index (χ4n) is 2.40. The molecular formula is C22H20O4. The van der Waals surface area contributed by atoms with E-state index in [-0.39, 0.29) is 12.4 Å². The average Bonchev–Trinajstić information content (AvgIpc) is 2.72. The standard InChI is InChI=1S/C22H20O4/c1-24-21-9-5-8-18(14-21)22(23)16-26-20-12-10-19(11-13-20)25-15-17-6-3-2-4-7-17/h2-14H,15-16H2,1H3. The van der Waals surface area contributed by atoms with Crippen LogP contribution >= 0.6 is 0 Å². The molecule has 0 saturated heterocycles. The zero-order valence-electron chi connectivity index (χ0n) is 14.6. The lowest BCUT2D eigenvalue weighted by molar-refractivity contribution is 0.0921. The van der Waals surface area contributed by atoms with Gasteiger partial charge in [0.05, 0.1) is 7.11 Å². The summed E-state index contributed by atoms with van der Waals surface area (Å²) in [7, 11) is 1.57. The highest BCUT2D eigenvalue weighted by molar-refractivity contribution is 5.97. The van der Waals surface area contributed by atoms with Gasteiger partial charge < -0.3 is 14.2 Å². The van der Waals surface area contributed by atoms with Gasteiger partial charge in [-0.05, 0) is 42.0 Å². The Balaban J connectivity index is 1.51. The molecule has 4 heteroatoms. The molecule has 0 radical (unpaired) electrons. The number of rotatable bonds is 8. The molecule has 0 heterocycles. The summed E-state index contributed by atoms with van der Waals surface area (Å²) in [5, 5.41) is 0. The molecular weight excluding hydrogens is 328 g/mol. The smallest absolute Gasteiger partial charge is 0.200 e. The molecule has 0 saturated carbocycles. The SMILES string of the molecule is COc1cccc(C(=O)COc2ccc(OCc3ccccc3)cc2)c1. The molecule has 3 aromatic rings. The van der Waals surface area contributed by atoms with Gasteiger partial charge in [0.1, 0.15) is 23.9 Å². The van der Waals surface area contributed by atoms with Gasteiger partial charge in [0.2, 0.25) is 0 Å².